The number of methoxy groups -OCH3 is 1. The number of halogens is 2. The molecule has 1 aromatic carbocycles. The van der Waals surface area contributed by atoms with Gasteiger partial charge in [0.1, 0.15) is 11.6 Å². The Morgan fingerprint density at radius 1 is 1.24 bits per heavy atom. The molecular weight excluding hydrogens is 282 g/mol. The fourth-order valence-corrected chi connectivity index (χ4v) is 2.23. The molecule has 0 aromatic heterocycles. The Morgan fingerprint density at radius 2 is 1.90 bits per heavy atom. The van der Waals surface area contributed by atoms with Crippen molar-refractivity contribution < 1.29 is 23.1 Å². The number of esters is 1. The molecule has 0 radical (unpaired) electrons. The highest BCUT2D eigenvalue weighted by atomic mass is 19.1. The third-order valence-electron chi connectivity index (χ3n) is 3.43. The highest BCUT2D eigenvalue weighted by molar-refractivity contribution is 5.95. The molecule has 1 amide bonds. The van der Waals surface area contributed by atoms with Gasteiger partial charge in [0.25, 0.3) is 0 Å². The molecule has 0 spiro atoms. The minimum Gasteiger partial charge on any atom is -0.465 e. The Labute approximate surface area is 120 Å². The van der Waals surface area contributed by atoms with E-state index < -0.39 is 23.2 Å². The van der Waals surface area contributed by atoms with E-state index in [1.54, 1.807) is 0 Å². The van der Waals surface area contributed by atoms with Crippen LogP contribution in [0.15, 0.2) is 12.1 Å². The van der Waals surface area contributed by atoms with Crippen LogP contribution in [0.4, 0.5) is 14.5 Å². The summed E-state index contributed by atoms with van der Waals surface area (Å²) in [5.41, 5.74) is -0.639. The zero-order valence-electron chi connectivity index (χ0n) is 11.5. The van der Waals surface area contributed by atoms with Crippen molar-refractivity contribution in [3.8, 4) is 0 Å². The number of rotatable bonds is 3. The number of ether oxygens (including phenoxy) is 1. The molecule has 1 aliphatic rings. The van der Waals surface area contributed by atoms with Crippen molar-refractivity contribution in [2.45, 2.75) is 12.8 Å². The van der Waals surface area contributed by atoms with Gasteiger partial charge in [-0.05, 0) is 32.0 Å². The van der Waals surface area contributed by atoms with Crippen molar-refractivity contribution in [2.24, 2.45) is 5.92 Å². The number of anilines is 1. The lowest BCUT2D eigenvalue weighted by Crippen LogP contribution is -2.34. The van der Waals surface area contributed by atoms with Gasteiger partial charge in [-0.25, -0.2) is 13.6 Å². The SMILES string of the molecule is COC(=O)c1cc(NC(=O)C2CCNCC2)c(F)cc1F. The number of carbonyl (C=O) groups excluding carboxylic acids is 2. The molecule has 1 fully saturated rings. The van der Waals surface area contributed by atoms with Crippen LogP contribution in [0.1, 0.15) is 23.2 Å². The molecule has 0 atom stereocenters. The third-order valence-corrected chi connectivity index (χ3v) is 3.43. The fourth-order valence-electron chi connectivity index (χ4n) is 2.23. The van der Waals surface area contributed by atoms with Crippen molar-refractivity contribution in [3.63, 3.8) is 0 Å². The largest absolute Gasteiger partial charge is 0.465 e. The fraction of sp³-hybridized carbons (Fsp3) is 0.429. The minimum absolute atomic E-state index is 0.222. The van der Waals surface area contributed by atoms with Crippen LogP contribution in [0.25, 0.3) is 0 Å². The summed E-state index contributed by atoms with van der Waals surface area (Å²) in [5, 5.41) is 5.53. The first-order valence-corrected chi connectivity index (χ1v) is 6.62. The van der Waals surface area contributed by atoms with E-state index in [-0.39, 0.29) is 17.5 Å². The molecule has 0 saturated carbocycles. The van der Waals surface area contributed by atoms with Gasteiger partial charge in [-0.3, -0.25) is 4.79 Å². The van der Waals surface area contributed by atoms with Crippen LogP contribution in [0, 0.1) is 17.6 Å². The molecule has 5 nitrogen and oxygen atoms in total. The Balaban J connectivity index is 2.18. The smallest absolute Gasteiger partial charge is 0.340 e. The molecule has 21 heavy (non-hydrogen) atoms. The lowest BCUT2D eigenvalue weighted by molar-refractivity contribution is -0.120. The lowest BCUT2D eigenvalue weighted by Gasteiger charge is -2.22. The Kier molecular flexibility index (Phi) is 4.85. The number of benzene rings is 1. The van der Waals surface area contributed by atoms with Crippen LogP contribution in [0.3, 0.4) is 0 Å². The van der Waals surface area contributed by atoms with Crippen molar-refractivity contribution in [1.29, 1.82) is 0 Å². The number of piperidine rings is 1. The van der Waals surface area contributed by atoms with Crippen molar-refractivity contribution in [2.75, 3.05) is 25.5 Å². The number of amides is 1. The van der Waals surface area contributed by atoms with Crippen LogP contribution in [0.5, 0.6) is 0 Å². The first-order chi connectivity index (χ1) is 10.0. The van der Waals surface area contributed by atoms with Crippen LogP contribution in [0.2, 0.25) is 0 Å². The van der Waals surface area contributed by atoms with E-state index in [2.05, 4.69) is 15.4 Å². The first kappa shape index (κ1) is 15.4. The molecule has 114 valence electrons. The Bertz CT molecular complexity index is 557. The molecule has 0 bridgehead atoms. The van der Waals surface area contributed by atoms with Crippen LogP contribution >= 0.6 is 0 Å². The summed E-state index contributed by atoms with van der Waals surface area (Å²) >= 11 is 0. The maximum atomic E-state index is 13.7. The van der Waals surface area contributed by atoms with Crippen LogP contribution in [-0.4, -0.2) is 32.1 Å². The third kappa shape index (κ3) is 3.55. The zero-order chi connectivity index (χ0) is 15.4. The minimum atomic E-state index is -1.03. The highest BCUT2D eigenvalue weighted by Gasteiger charge is 2.23. The van der Waals surface area contributed by atoms with Crippen LogP contribution in [-0.2, 0) is 9.53 Å². The van der Waals surface area contributed by atoms with E-state index in [0.29, 0.717) is 18.9 Å². The molecule has 2 rings (SSSR count). The lowest BCUT2D eigenvalue weighted by atomic mass is 9.97. The Hall–Kier alpha value is -2.02. The monoisotopic (exact) mass is 298 g/mol. The maximum absolute atomic E-state index is 13.7. The first-order valence-electron chi connectivity index (χ1n) is 6.62. The van der Waals surface area contributed by atoms with E-state index >= 15 is 0 Å². The maximum Gasteiger partial charge on any atom is 0.340 e. The summed E-state index contributed by atoms with van der Waals surface area (Å²) < 4.78 is 31.6. The average molecular weight is 298 g/mol. The number of hydrogen-bond acceptors (Lipinski definition) is 4. The normalized spacial score (nSPS) is 15.6. The average Bonchev–Trinajstić information content (AvgIpc) is 2.50. The predicted octanol–water partition coefficient (Wildman–Crippen LogP) is 1.69. The van der Waals surface area contributed by atoms with Gasteiger partial charge in [-0.1, -0.05) is 0 Å². The molecule has 1 aromatic rings. The van der Waals surface area contributed by atoms with Crippen LogP contribution < -0.4 is 10.6 Å². The summed E-state index contributed by atoms with van der Waals surface area (Å²) in [6.07, 6.45) is 1.30. The molecule has 1 heterocycles. The second-order valence-electron chi connectivity index (χ2n) is 4.82. The topological polar surface area (TPSA) is 67.4 Å². The summed E-state index contributed by atoms with van der Waals surface area (Å²) in [7, 11) is 1.10. The standard InChI is InChI=1S/C14H16F2N2O3/c1-21-14(20)9-6-12(11(16)7-10(9)15)18-13(19)8-2-4-17-5-3-8/h6-8,17H,2-5H2,1H3,(H,18,19). The van der Waals surface area contributed by atoms with Gasteiger partial charge >= 0.3 is 5.97 Å². The summed E-state index contributed by atoms with van der Waals surface area (Å²) in [6, 6.07) is 1.51. The molecule has 1 aliphatic heterocycles. The van der Waals surface area contributed by atoms with Crippen molar-refractivity contribution >= 4 is 17.6 Å². The second kappa shape index (κ2) is 6.62. The van der Waals surface area contributed by atoms with Gasteiger partial charge in [0.2, 0.25) is 5.91 Å². The second-order valence-corrected chi connectivity index (χ2v) is 4.82. The van der Waals surface area contributed by atoms with E-state index in [4.69, 9.17) is 0 Å². The van der Waals surface area contributed by atoms with E-state index in [1.165, 1.54) is 0 Å². The van der Waals surface area contributed by atoms with E-state index in [1.807, 2.05) is 0 Å². The van der Waals surface area contributed by atoms with Crippen molar-refractivity contribution in [3.05, 3.63) is 29.3 Å². The van der Waals surface area contributed by atoms with Gasteiger partial charge in [0, 0.05) is 12.0 Å². The quantitative estimate of drug-likeness (QED) is 0.833. The number of hydrogen-bond donors (Lipinski definition) is 2. The van der Waals surface area contributed by atoms with Gasteiger partial charge in [0.05, 0.1) is 18.4 Å². The van der Waals surface area contributed by atoms with Gasteiger partial charge in [-0.15, -0.1) is 0 Å². The van der Waals surface area contributed by atoms with Gasteiger partial charge in [-0.2, -0.15) is 0 Å². The number of nitrogens with one attached hydrogen (secondary N) is 2. The van der Waals surface area contributed by atoms with E-state index in [9.17, 15) is 18.4 Å². The van der Waals surface area contributed by atoms with Gasteiger partial charge < -0.3 is 15.4 Å². The number of carbonyl (C=O) groups is 2. The molecule has 2 N–H and O–H groups in total. The summed E-state index contributed by atoms with van der Waals surface area (Å²) in [6.45, 7) is 1.44. The zero-order valence-corrected chi connectivity index (χ0v) is 11.5. The highest BCUT2D eigenvalue weighted by Crippen LogP contribution is 2.22. The molecule has 0 unspecified atom stereocenters. The molecular formula is C14H16F2N2O3. The van der Waals surface area contributed by atoms with Crippen molar-refractivity contribution in [1.82, 2.24) is 5.32 Å². The Morgan fingerprint density at radius 3 is 2.52 bits per heavy atom. The molecule has 7 heteroatoms. The summed E-state index contributed by atoms with van der Waals surface area (Å²) in [4.78, 5) is 23.4. The molecule has 1 saturated heterocycles. The van der Waals surface area contributed by atoms with E-state index in [0.717, 1.165) is 26.3 Å². The summed E-state index contributed by atoms with van der Waals surface area (Å²) in [5.74, 6) is -3.44. The van der Waals surface area contributed by atoms with Gasteiger partial charge in [0.15, 0.2) is 0 Å². The molecule has 0 aliphatic carbocycles. The predicted molar refractivity (Wildman–Crippen MR) is 71.9 cm³/mol.